The van der Waals surface area contributed by atoms with E-state index in [0.29, 0.717) is 22.7 Å². The third-order valence-corrected chi connectivity index (χ3v) is 3.53. The molecular weight excluding hydrogens is 250 g/mol. The van der Waals surface area contributed by atoms with E-state index in [4.69, 9.17) is 21.9 Å². The van der Waals surface area contributed by atoms with E-state index in [9.17, 15) is 0 Å². The molecule has 5 heteroatoms. The molecule has 3 rings (SSSR count). The Morgan fingerprint density at radius 1 is 1.44 bits per heavy atom. The van der Waals surface area contributed by atoms with Crippen LogP contribution in [0.4, 0.5) is 0 Å². The average molecular weight is 264 g/mol. The summed E-state index contributed by atoms with van der Waals surface area (Å²) in [6.07, 6.45) is 2.31. The lowest BCUT2D eigenvalue weighted by molar-refractivity contribution is 0.411. The first kappa shape index (κ1) is 11.7. The molecule has 94 valence electrons. The van der Waals surface area contributed by atoms with E-state index in [1.807, 2.05) is 25.1 Å². The molecule has 0 radical (unpaired) electrons. The van der Waals surface area contributed by atoms with Crippen LogP contribution in [0, 0.1) is 12.8 Å². The van der Waals surface area contributed by atoms with Gasteiger partial charge in [0.05, 0.1) is 6.04 Å². The standard InChI is InChI=1S/C13H14ClN3O/c1-7-2-5-9(14)6-10(7)13-16-12(17-18-13)11(15)8-3-4-8/h2,5-6,8,11H,3-4,15H2,1H3. The van der Waals surface area contributed by atoms with Crippen molar-refractivity contribution < 1.29 is 4.52 Å². The van der Waals surface area contributed by atoms with Crippen molar-refractivity contribution in [1.82, 2.24) is 10.1 Å². The van der Waals surface area contributed by atoms with Crippen molar-refractivity contribution in [1.29, 1.82) is 0 Å². The Hall–Kier alpha value is -1.39. The fraction of sp³-hybridized carbons (Fsp3) is 0.385. The van der Waals surface area contributed by atoms with Crippen molar-refractivity contribution >= 4 is 11.6 Å². The Kier molecular flexibility index (Phi) is 2.84. The topological polar surface area (TPSA) is 64.9 Å². The van der Waals surface area contributed by atoms with Crippen LogP contribution in [0.1, 0.15) is 30.3 Å². The second-order valence-corrected chi connectivity index (χ2v) is 5.22. The predicted octanol–water partition coefficient (Wildman–Crippen LogP) is 3.11. The predicted molar refractivity (Wildman–Crippen MR) is 69.1 cm³/mol. The number of aromatic nitrogens is 2. The molecule has 2 N–H and O–H groups in total. The van der Waals surface area contributed by atoms with Crippen molar-refractivity contribution in [3.05, 3.63) is 34.6 Å². The maximum Gasteiger partial charge on any atom is 0.258 e. The SMILES string of the molecule is Cc1ccc(Cl)cc1-c1nc(C(N)C2CC2)no1. The molecule has 18 heavy (non-hydrogen) atoms. The quantitative estimate of drug-likeness (QED) is 0.924. The van der Waals surface area contributed by atoms with Crippen LogP contribution in [0.25, 0.3) is 11.5 Å². The summed E-state index contributed by atoms with van der Waals surface area (Å²) in [7, 11) is 0. The van der Waals surface area contributed by atoms with Gasteiger partial charge in [-0.25, -0.2) is 0 Å². The molecule has 1 atom stereocenters. The number of nitrogens with two attached hydrogens (primary N) is 1. The molecule has 1 aliphatic carbocycles. The van der Waals surface area contributed by atoms with E-state index in [2.05, 4.69) is 10.1 Å². The molecule has 1 unspecified atom stereocenters. The molecule has 0 saturated heterocycles. The van der Waals surface area contributed by atoms with Crippen molar-refractivity contribution in [3.63, 3.8) is 0 Å². The van der Waals surface area contributed by atoms with Crippen LogP contribution < -0.4 is 5.73 Å². The summed E-state index contributed by atoms with van der Waals surface area (Å²) in [5.41, 5.74) is 7.96. The first-order valence-corrected chi connectivity index (χ1v) is 6.38. The lowest BCUT2D eigenvalue weighted by Gasteiger charge is -2.02. The van der Waals surface area contributed by atoms with E-state index in [1.54, 1.807) is 0 Å². The molecule has 0 bridgehead atoms. The third kappa shape index (κ3) is 2.13. The van der Waals surface area contributed by atoms with Crippen molar-refractivity contribution in [2.75, 3.05) is 0 Å². The lowest BCUT2D eigenvalue weighted by Crippen LogP contribution is -2.13. The van der Waals surface area contributed by atoms with Gasteiger partial charge in [0.1, 0.15) is 0 Å². The van der Waals surface area contributed by atoms with Crippen LogP contribution in [0.5, 0.6) is 0 Å². The van der Waals surface area contributed by atoms with Gasteiger partial charge in [0.15, 0.2) is 5.82 Å². The minimum absolute atomic E-state index is 0.109. The first-order chi connectivity index (χ1) is 8.65. The molecule has 1 fully saturated rings. The van der Waals surface area contributed by atoms with Gasteiger partial charge in [-0.2, -0.15) is 4.98 Å². The number of aryl methyl sites for hydroxylation is 1. The Morgan fingerprint density at radius 2 is 2.22 bits per heavy atom. The van der Waals surface area contributed by atoms with Crippen LogP contribution in [0.3, 0.4) is 0 Å². The van der Waals surface area contributed by atoms with Gasteiger partial charge in [-0.3, -0.25) is 0 Å². The van der Waals surface area contributed by atoms with E-state index < -0.39 is 0 Å². The summed E-state index contributed by atoms with van der Waals surface area (Å²) < 4.78 is 5.29. The van der Waals surface area contributed by atoms with Crippen LogP contribution >= 0.6 is 11.6 Å². The molecule has 0 aliphatic heterocycles. The van der Waals surface area contributed by atoms with Crippen LogP contribution in [-0.4, -0.2) is 10.1 Å². The van der Waals surface area contributed by atoms with E-state index >= 15 is 0 Å². The Morgan fingerprint density at radius 3 is 2.94 bits per heavy atom. The average Bonchev–Trinajstić information content (AvgIpc) is 3.09. The van der Waals surface area contributed by atoms with Crippen molar-refractivity contribution in [2.45, 2.75) is 25.8 Å². The lowest BCUT2D eigenvalue weighted by atomic mass is 10.1. The molecule has 0 spiro atoms. The molecule has 1 aromatic carbocycles. The van der Waals surface area contributed by atoms with E-state index in [0.717, 1.165) is 24.0 Å². The van der Waals surface area contributed by atoms with Crippen LogP contribution in [-0.2, 0) is 0 Å². The molecule has 1 heterocycles. The highest BCUT2D eigenvalue weighted by Gasteiger charge is 2.32. The summed E-state index contributed by atoms with van der Waals surface area (Å²) >= 11 is 5.98. The summed E-state index contributed by atoms with van der Waals surface area (Å²) in [5.74, 6) is 1.59. The summed E-state index contributed by atoms with van der Waals surface area (Å²) in [4.78, 5) is 4.38. The van der Waals surface area contributed by atoms with Crippen LogP contribution in [0.15, 0.2) is 22.7 Å². The van der Waals surface area contributed by atoms with Crippen molar-refractivity contribution in [3.8, 4) is 11.5 Å². The molecule has 1 saturated carbocycles. The molecular formula is C13H14ClN3O. The van der Waals surface area contributed by atoms with E-state index in [1.165, 1.54) is 0 Å². The highest BCUT2D eigenvalue weighted by atomic mass is 35.5. The zero-order valence-corrected chi connectivity index (χ0v) is 10.8. The minimum atomic E-state index is -0.109. The van der Waals surface area contributed by atoms with Gasteiger partial charge < -0.3 is 10.3 Å². The zero-order chi connectivity index (χ0) is 12.7. The number of benzene rings is 1. The fourth-order valence-corrected chi connectivity index (χ4v) is 2.14. The summed E-state index contributed by atoms with van der Waals surface area (Å²) in [5, 5.41) is 4.62. The molecule has 1 aliphatic rings. The van der Waals surface area contributed by atoms with E-state index in [-0.39, 0.29) is 6.04 Å². The Labute approximate surface area is 110 Å². The number of nitrogens with zero attached hydrogens (tertiary/aromatic N) is 2. The number of rotatable bonds is 3. The van der Waals surface area contributed by atoms with Gasteiger partial charge in [-0.05, 0) is 43.4 Å². The van der Waals surface area contributed by atoms with Crippen LogP contribution in [0.2, 0.25) is 5.02 Å². The second-order valence-electron chi connectivity index (χ2n) is 4.78. The maximum atomic E-state index is 6.05. The molecule has 4 nitrogen and oxygen atoms in total. The molecule has 2 aromatic rings. The van der Waals surface area contributed by atoms with Crippen molar-refractivity contribution in [2.24, 2.45) is 11.7 Å². The Bertz CT molecular complexity index is 577. The molecule has 0 amide bonds. The largest absolute Gasteiger partial charge is 0.334 e. The third-order valence-electron chi connectivity index (χ3n) is 3.30. The maximum absolute atomic E-state index is 6.05. The smallest absolute Gasteiger partial charge is 0.258 e. The van der Waals surface area contributed by atoms with Gasteiger partial charge in [-0.1, -0.05) is 22.8 Å². The Balaban J connectivity index is 1.94. The summed E-state index contributed by atoms with van der Waals surface area (Å²) in [6.45, 7) is 1.98. The minimum Gasteiger partial charge on any atom is -0.334 e. The van der Waals surface area contributed by atoms with Gasteiger partial charge >= 0.3 is 0 Å². The van der Waals surface area contributed by atoms with Gasteiger partial charge in [0, 0.05) is 10.6 Å². The van der Waals surface area contributed by atoms with Gasteiger partial charge in [0.2, 0.25) is 0 Å². The van der Waals surface area contributed by atoms with Gasteiger partial charge in [0.25, 0.3) is 5.89 Å². The number of hydrogen-bond donors (Lipinski definition) is 1. The number of halogens is 1. The fourth-order valence-electron chi connectivity index (χ4n) is 1.97. The normalized spacial score (nSPS) is 16.8. The van der Waals surface area contributed by atoms with Gasteiger partial charge in [-0.15, -0.1) is 0 Å². The highest BCUT2D eigenvalue weighted by Crippen LogP contribution is 2.39. The first-order valence-electron chi connectivity index (χ1n) is 6.01. The summed E-state index contributed by atoms with van der Waals surface area (Å²) in [6, 6.07) is 5.49. The highest BCUT2D eigenvalue weighted by molar-refractivity contribution is 6.30. The molecule has 1 aromatic heterocycles. The zero-order valence-electron chi connectivity index (χ0n) is 10.1. The second kappa shape index (κ2) is 4.37. The number of hydrogen-bond acceptors (Lipinski definition) is 4. The monoisotopic (exact) mass is 263 g/mol.